The molecular weight excluding hydrogens is 290 g/mol. The molecule has 0 aromatic carbocycles. The number of carbonyl (C=O) groups excluding carboxylic acids is 1. The molecule has 104 valence electrons. The molecule has 2 nitrogen and oxygen atoms in total. The summed E-state index contributed by atoms with van der Waals surface area (Å²) in [5.41, 5.74) is 0. The molecule has 0 saturated heterocycles. The third-order valence-electron chi connectivity index (χ3n) is 4.71. The number of amides is 1. The molecule has 2 saturated carbocycles. The first-order valence-corrected chi connectivity index (χ1v) is 8.74. The number of unbranched alkanes of at least 4 members (excludes halogenated alkanes) is 3. The van der Waals surface area contributed by atoms with Gasteiger partial charge in [0.2, 0.25) is 5.91 Å². The standard InChI is InChI=1S/C15H26BrNO/c16-7-3-1-2-4-8-17-15(18)11-14-10-12-5-6-13(14)9-12/h12-14H,1-11H2,(H,17,18). The molecule has 3 unspecified atom stereocenters. The zero-order chi connectivity index (χ0) is 12.8. The van der Waals surface area contributed by atoms with Crippen molar-refractivity contribution in [3.63, 3.8) is 0 Å². The van der Waals surface area contributed by atoms with Gasteiger partial charge in [-0.05, 0) is 49.9 Å². The minimum Gasteiger partial charge on any atom is -0.356 e. The van der Waals surface area contributed by atoms with Crippen LogP contribution < -0.4 is 5.32 Å². The van der Waals surface area contributed by atoms with Crippen molar-refractivity contribution in [2.75, 3.05) is 11.9 Å². The molecule has 2 aliphatic rings. The van der Waals surface area contributed by atoms with Crippen LogP contribution >= 0.6 is 15.9 Å². The van der Waals surface area contributed by atoms with E-state index in [1.54, 1.807) is 0 Å². The van der Waals surface area contributed by atoms with E-state index >= 15 is 0 Å². The highest BCUT2D eigenvalue weighted by Crippen LogP contribution is 2.49. The number of carbonyl (C=O) groups is 1. The molecule has 2 aliphatic carbocycles. The first kappa shape index (κ1) is 14.4. The largest absolute Gasteiger partial charge is 0.356 e. The minimum atomic E-state index is 0.299. The lowest BCUT2D eigenvalue weighted by Gasteiger charge is -2.20. The van der Waals surface area contributed by atoms with Gasteiger partial charge >= 0.3 is 0 Å². The van der Waals surface area contributed by atoms with E-state index in [0.717, 1.165) is 36.6 Å². The molecule has 18 heavy (non-hydrogen) atoms. The van der Waals surface area contributed by atoms with Gasteiger partial charge in [0.1, 0.15) is 0 Å². The zero-order valence-corrected chi connectivity index (χ0v) is 12.9. The highest BCUT2D eigenvalue weighted by atomic mass is 79.9. The zero-order valence-electron chi connectivity index (χ0n) is 11.3. The number of hydrogen-bond acceptors (Lipinski definition) is 1. The van der Waals surface area contributed by atoms with Gasteiger partial charge in [0, 0.05) is 18.3 Å². The summed E-state index contributed by atoms with van der Waals surface area (Å²) in [5.74, 6) is 2.84. The third kappa shape index (κ3) is 4.25. The Bertz CT molecular complexity index is 269. The van der Waals surface area contributed by atoms with E-state index in [9.17, 15) is 4.79 Å². The van der Waals surface area contributed by atoms with E-state index in [-0.39, 0.29) is 0 Å². The average Bonchev–Trinajstić information content (AvgIpc) is 2.95. The van der Waals surface area contributed by atoms with E-state index < -0.39 is 0 Å². The fraction of sp³-hybridized carbons (Fsp3) is 0.933. The van der Waals surface area contributed by atoms with Crippen molar-refractivity contribution >= 4 is 21.8 Å². The van der Waals surface area contributed by atoms with Gasteiger partial charge in [-0.15, -0.1) is 0 Å². The molecule has 2 bridgehead atoms. The number of hydrogen-bond donors (Lipinski definition) is 1. The van der Waals surface area contributed by atoms with Gasteiger partial charge in [-0.25, -0.2) is 0 Å². The van der Waals surface area contributed by atoms with Gasteiger partial charge < -0.3 is 5.32 Å². The molecule has 3 atom stereocenters. The van der Waals surface area contributed by atoms with E-state index in [4.69, 9.17) is 0 Å². The number of fused-ring (bicyclic) bond motifs is 2. The molecule has 0 heterocycles. The van der Waals surface area contributed by atoms with Gasteiger partial charge in [0.25, 0.3) is 0 Å². The van der Waals surface area contributed by atoms with Crippen molar-refractivity contribution in [3.8, 4) is 0 Å². The summed E-state index contributed by atoms with van der Waals surface area (Å²) >= 11 is 3.44. The Labute approximate surface area is 119 Å². The van der Waals surface area contributed by atoms with Crippen LogP contribution in [0.25, 0.3) is 0 Å². The van der Waals surface area contributed by atoms with Crippen LogP contribution in [0.5, 0.6) is 0 Å². The summed E-state index contributed by atoms with van der Waals surface area (Å²) in [5, 5.41) is 4.20. The first-order valence-electron chi connectivity index (χ1n) is 7.62. The number of rotatable bonds is 8. The predicted molar refractivity (Wildman–Crippen MR) is 78.8 cm³/mol. The molecule has 1 N–H and O–H groups in total. The van der Waals surface area contributed by atoms with Gasteiger partial charge in [-0.3, -0.25) is 4.79 Å². The van der Waals surface area contributed by atoms with Crippen molar-refractivity contribution in [2.45, 2.75) is 57.8 Å². The number of nitrogens with one attached hydrogen (secondary N) is 1. The lowest BCUT2D eigenvalue weighted by Crippen LogP contribution is -2.28. The second-order valence-corrected chi connectivity index (χ2v) is 6.89. The molecule has 2 fully saturated rings. The van der Waals surface area contributed by atoms with E-state index in [0.29, 0.717) is 11.8 Å². The maximum Gasteiger partial charge on any atom is 0.220 e. The monoisotopic (exact) mass is 315 g/mol. The van der Waals surface area contributed by atoms with E-state index in [1.165, 1.54) is 44.9 Å². The Morgan fingerprint density at radius 1 is 1.11 bits per heavy atom. The fourth-order valence-corrected chi connectivity index (χ4v) is 4.13. The second-order valence-electron chi connectivity index (χ2n) is 6.09. The Morgan fingerprint density at radius 2 is 1.94 bits per heavy atom. The summed E-state index contributed by atoms with van der Waals surface area (Å²) in [6, 6.07) is 0. The summed E-state index contributed by atoms with van der Waals surface area (Å²) in [6.45, 7) is 0.877. The lowest BCUT2D eigenvalue weighted by molar-refractivity contribution is -0.122. The molecular formula is C15H26BrNO. The van der Waals surface area contributed by atoms with Gasteiger partial charge in [0.15, 0.2) is 0 Å². The van der Waals surface area contributed by atoms with Crippen molar-refractivity contribution < 1.29 is 4.79 Å². The van der Waals surface area contributed by atoms with Crippen molar-refractivity contribution in [2.24, 2.45) is 17.8 Å². The summed E-state index contributed by atoms with van der Waals surface area (Å²) in [7, 11) is 0. The Balaban J connectivity index is 1.50. The highest BCUT2D eigenvalue weighted by molar-refractivity contribution is 9.09. The minimum absolute atomic E-state index is 0.299. The molecule has 0 aromatic rings. The van der Waals surface area contributed by atoms with E-state index in [2.05, 4.69) is 21.2 Å². The van der Waals surface area contributed by atoms with Crippen LogP contribution in [0.15, 0.2) is 0 Å². The summed E-state index contributed by atoms with van der Waals surface area (Å²) in [4.78, 5) is 11.8. The first-order chi connectivity index (χ1) is 8.79. The average molecular weight is 316 g/mol. The second kappa shape index (κ2) is 7.52. The van der Waals surface area contributed by atoms with Gasteiger partial charge in [0.05, 0.1) is 0 Å². The van der Waals surface area contributed by atoms with Crippen LogP contribution in [-0.4, -0.2) is 17.8 Å². The maximum atomic E-state index is 11.8. The molecule has 0 aromatic heterocycles. The number of halogens is 1. The van der Waals surface area contributed by atoms with Crippen molar-refractivity contribution in [3.05, 3.63) is 0 Å². The number of alkyl halides is 1. The van der Waals surface area contributed by atoms with Crippen LogP contribution in [0.1, 0.15) is 57.8 Å². The van der Waals surface area contributed by atoms with Crippen LogP contribution in [0, 0.1) is 17.8 Å². The predicted octanol–water partition coefficient (Wildman–Crippen LogP) is 3.88. The van der Waals surface area contributed by atoms with Gasteiger partial charge in [-0.1, -0.05) is 35.2 Å². The van der Waals surface area contributed by atoms with Crippen LogP contribution in [0.2, 0.25) is 0 Å². The topological polar surface area (TPSA) is 29.1 Å². The van der Waals surface area contributed by atoms with E-state index in [1.807, 2.05) is 0 Å². The summed E-state index contributed by atoms with van der Waals surface area (Å²) in [6.07, 6.45) is 11.2. The fourth-order valence-electron chi connectivity index (χ4n) is 3.74. The lowest BCUT2D eigenvalue weighted by atomic mass is 9.86. The van der Waals surface area contributed by atoms with Crippen LogP contribution in [-0.2, 0) is 4.79 Å². The third-order valence-corrected chi connectivity index (χ3v) is 5.28. The Kier molecular flexibility index (Phi) is 6.00. The smallest absolute Gasteiger partial charge is 0.220 e. The molecule has 1 amide bonds. The molecule has 0 radical (unpaired) electrons. The Morgan fingerprint density at radius 3 is 2.61 bits per heavy atom. The normalized spacial score (nSPS) is 29.7. The van der Waals surface area contributed by atoms with Crippen LogP contribution in [0.3, 0.4) is 0 Å². The quantitative estimate of drug-likeness (QED) is 0.534. The summed E-state index contributed by atoms with van der Waals surface area (Å²) < 4.78 is 0. The Hall–Kier alpha value is -0.0500. The molecule has 2 rings (SSSR count). The molecule has 0 aliphatic heterocycles. The maximum absolute atomic E-state index is 11.8. The van der Waals surface area contributed by atoms with Crippen molar-refractivity contribution in [1.82, 2.24) is 5.32 Å². The van der Waals surface area contributed by atoms with Crippen LogP contribution in [0.4, 0.5) is 0 Å². The SMILES string of the molecule is O=C(CC1CC2CCC1C2)NCCCCCCBr. The van der Waals surface area contributed by atoms with Gasteiger partial charge in [-0.2, -0.15) is 0 Å². The molecule has 3 heteroatoms. The highest BCUT2D eigenvalue weighted by Gasteiger charge is 2.39. The molecule has 0 spiro atoms. The van der Waals surface area contributed by atoms with Crippen molar-refractivity contribution in [1.29, 1.82) is 0 Å².